The molecule has 1 aromatic heterocycles. The smallest absolute Gasteiger partial charge is 0.291 e. The fourth-order valence-corrected chi connectivity index (χ4v) is 2.90. The van der Waals surface area contributed by atoms with E-state index in [1.165, 1.54) is 38.4 Å². The zero-order valence-corrected chi connectivity index (χ0v) is 17.4. The fraction of sp³-hybridized carbons (Fsp3) is 0.435. The lowest BCUT2D eigenvalue weighted by atomic mass is 10.1. The van der Waals surface area contributed by atoms with Crippen LogP contribution in [0, 0.1) is 0 Å². The zero-order valence-electron chi connectivity index (χ0n) is 17.4. The number of amides is 2. The maximum absolute atomic E-state index is 12.0. The van der Waals surface area contributed by atoms with E-state index in [-0.39, 0.29) is 17.6 Å². The van der Waals surface area contributed by atoms with Gasteiger partial charge in [0.1, 0.15) is 0 Å². The average Bonchev–Trinajstić information content (AvgIpc) is 3.27. The molecular formula is C23H31N3O3. The largest absolute Gasteiger partial charge is 0.459 e. The number of carbonyl (C=O) groups excluding carboxylic acids is 2. The molecule has 6 heteroatoms. The summed E-state index contributed by atoms with van der Waals surface area (Å²) in [5.74, 6) is -0.0958. The lowest BCUT2D eigenvalue weighted by Gasteiger charge is -2.06. The van der Waals surface area contributed by atoms with Crippen LogP contribution in [0.5, 0.6) is 0 Å². The van der Waals surface area contributed by atoms with Gasteiger partial charge in [-0.2, -0.15) is 5.10 Å². The highest BCUT2D eigenvalue weighted by atomic mass is 16.3. The second-order valence-electron chi connectivity index (χ2n) is 7.11. The summed E-state index contributed by atoms with van der Waals surface area (Å²) in [6.45, 7) is 4.05. The molecule has 0 bridgehead atoms. The topological polar surface area (TPSA) is 83.7 Å². The van der Waals surface area contributed by atoms with Crippen molar-refractivity contribution in [3.63, 3.8) is 0 Å². The van der Waals surface area contributed by atoms with Gasteiger partial charge in [0, 0.05) is 12.1 Å². The second-order valence-corrected chi connectivity index (χ2v) is 7.11. The first-order chi connectivity index (χ1) is 14.1. The van der Waals surface area contributed by atoms with Crippen LogP contribution in [0.1, 0.15) is 81.3 Å². The molecule has 0 atom stereocenters. The lowest BCUT2D eigenvalue weighted by molar-refractivity contribution is -0.121. The summed E-state index contributed by atoms with van der Waals surface area (Å²) in [6.07, 6.45) is 10.2. The number of hydrazone groups is 1. The minimum Gasteiger partial charge on any atom is -0.459 e. The molecule has 2 aromatic rings. The van der Waals surface area contributed by atoms with Gasteiger partial charge >= 0.3 is 0 Å². The molecule has 6 nitrogen and oxygen atoms in total. The normalized spacial score (nSPS) is 11.3. The van der Waals surface area contributed by atoms with E-state index in [9.17, 15) is 9.59 Å². The number of nitrogens with one attached hydrogen (secondary N) is 2. The first-order valence-corrected chi connectivity index (χ1v) is 10.4. The third-order valence-corrected chi connectivity index (χ3v) is 4.66. The Labute approximate surface area is 172 Å². The highest BCUT2D eigenvalue weighted by molar-refractivity contribution is 6.03. The highest BCUT2D eigenvalue weighted by Crippen LogP contribution is 2.13. The Morgan fingerprint density at radius 1 is 0.966 bits per heavy atom. The first-order valence-electron chi connectivity index (χ1n) is 10.4. The fourth-order valence-electron chi connectivity index (χ4n) is 2.90. The van der Waals surface area contributed by atoms with Crippen LogP contribution in [0.3, 0.4) is 0 Å². The minimum absolute atomic E-state index is 0.0553. The maximum atomic E-state index is 12.0. The Balaban J connectivity index is 1.72. The molecule has 2 N–H and O–H groups in total. The lowest BCUT2D eigenvalue weighted by Crippen LogP contribution is -2.18. The van der Waals surface area contributed by atoms with E-state index in [4.69, 9.17) is 4.42 Å². The van der Waals surface area contributed by atoms with Gasteiger partial charge in [-0.1, -0.05) is 57.6 Å². The quantitative estimate of drug-likeness (QED) is 0.281. The second kappa shape index (κ2) is 12.5. The number of unbranched alkanes of at least 4 members (excludes halogenated alkanes) is 6. The van der Waals surface area contributed by atoms with Crippen molar-refractivity contribution in [1.82, 2.24) is 5.43 Å². The molecule has 2 amide bonds. The molecular weight excluding hydrogens is 366 g/mol. The van der Waals surface area contributed by atoms with Crippen molar-refractivity contribution in [2.45, 2.75) is 65.2 Å². The predicted octanol–water partition coefficient (Wildman–Crippen LogP) is 5.51. The van der Waals surface area contributed by atoms with Crippen molar-refractivity contribution < 1.29 is 14.0 Å². The van der Waals surface area contributed by atoms with Crippen molar-refractivity contribution in [2.75, 3.05) is 5.32 Å². The average molecular weight is 398 g/mol. The van der Waals surface area contributed by atoms with Gasteiger partial charge in [0.15, 0.2) is 5.76 Å². The van der Waals surface area contributed by atoms with Crippen LogP contribution in [-0.2, 0) is 4.79 Å². The van der Waals surface area contributed by atoms with E-state index in [1.807, 2.05) is 19.1 Å². The van der Waals surface area contributed by atoms with Crippen LogP contribution in [0.15, 0.2) is 52.2 Å². The van der Waals surface area contributed by atoms with Crippen LogP contribution in [0.25, 0.3) is 0 Å². The zero-order chi connectivity index (χ0) is 20.9. The van der Waals surface area contributed by atoms with Crippen molar-refractivity contribution in [2.24, 2.45) is 5.10 Å². The van der Waals surface area contributed by atoms with Crippen molar-refractivity contribution in [3.8, 4) is 0 Å². The molecule has 0 spiro atoms. The molecule has 0 aliphatic carbocycles. The van der Waals surface area contributed by atoms with E-state index < -0.39 is 0 Å². The summed E-state index contributed by atoms with van der Waals surface area (Å²) in [7, 11) is 0. The van der Waals surface area contributed by atoms with Crippen molar-refractivity contribution >= 4 is 23.2 Å². The summed E-state index contributed by atoms with van der Waals surface area (Å²) < 4.78 is 5.07. The molecule has 0 unspecified atom stereocenters. The summed E-state index contributed by atoms with van der Waals surface area (Å²) in [5, 5.41) is 6.94. The Morgan fingerprint density at radius 3 is 2.31 bits per heavy atom. The summed E-state index contributed by atoms with van der Waals surface area (Å²) in [6, 6.07) is 10.5. The van der Waals surface area contributed by atoms with E-state index in [2.05, 4.69) is 22.8 Å². The number of nitrogens with zero attached hydrogens (tertiary/aromatic N) is 1. The predicted molar refractivity (Wildman–Crippen MR) is 116 cm³/mol. The Kier molecular flexibility index (Phi) is 9.69. The molecule has 0 saturated carbocycles. The molecule has 0 fully saturated rings. The first kappa shape index (κ1) is 22.4. The number of benzene rings is 1. The van der Waals surface area contributed by atoms with Gasteiger partial charge in [0.05, 0.1) is 12.0 Å². The maximum Gasteiger partial charge on any atom is 0.291 e. The van der Waals surface area contributed by atoms with Gasteiger partial charge in [0.25, 0.3) is 5.91 Å². The summed E-state index contributed by atoms with van der Waals surface area (Å²) in [4.78, 5) is 23.9. The van der Waals surface area contributed by atoms with Gasteiger partial charge < -0.3 is 9.73 Å². The SMILES string of the molecule is CCCCCCCCCC(=O)NN=C(C)c1ccc(NC(=O)c2ccco2)cc1. The van der Waals surface area contributed by atoms with Gasteiger partial charge in [-0.25, -0.2) is 5.43 Å². The van der Waals surface area contributed by atoms with Crippen LogP contribution < -0.4 is 10.7 Å². The van der Waals surface area contributed by atoms with Crippen LogP contribution in [-0.4, -0.2) is 17.5 Å². The molecule has 1 aromatic carbocycles. The number of furan rings is 1. The van der Waals surface area contributed by atoms with Gasteiger partial charge in [0.2, 0.25) is 5.91 Å². The van der Waals surface area contributed by atoms with Crippen molar-refractivity contribution in [1.29, 1.82) is 0 Å². The monoisotopic (exact) mass is 397 g/mol. The van der Waals surface area contributed by atoms with E-state index >= 15 is 0 Å². The van der Waals surface area contributed by atoms with E-state index in [1.54, 1.807) is 24.3 Å². The van der Waals surface area contributed by atoms with E-state index in [0.717, 1.165) is 18.4 Å². The van der Waals surface area contributed by atoms with Gasteiger partial charge in [-0.05, 0) is 43.2 Å². The molecule has 1 heterocycles. The third kappa shape index (κ3) is 8.34. The molecule has 2 rings (SSSR count). The van der Waals surface area contributed by atoms with Gasteiger partial charge in [-0.15, -0.1) is 0 Å². The Morgan fingerprint density at radius 2 is 1.66 bits per heavy atom. The number of anilines is 1. The molecule has 0 saturated heterocycles. The third-order valence-electron chi connectivity index (χ3n) is 4.66. The molecule has 0 aliphatic rings. The minimum atomic E-state index is -0.300. The summed E-state index contributed by atoms with van der Waals surface area (Å²) >= 11 is 0. The Bertz CT molecular complexity index is 780. The van der Waals surface area contributed by atoms with Gasteiger partial charge in [-0.3, -0.25) is 9.59 Å². The summed E-state index contributed by atoms with van der Waals surface area (Å²) in [5.41, 5.74) is 4.87. The van der Waals surface area contributed by atoms with Crippen LogP contribution in [0.2, 0.25) is 0 Å². The number of rotatable bonds is 12. The Hall–Kier alpha value is -2.89. The van der Waals surface area contributed by atoms with E-state index in [0.29, 0.717) is 17.8 Å². The standard InChI is InChI=1S/C23H31N3O3/c1-3-4-5-6-7-8-9-12-22(27)26-25-18(2)19-13-15-20(16-14-19)24-23(28)21-11-10-17-29-21/h10-11,13-17H,3-9,12H2,1-2H3,(H,24,28)(H,26,27). The molecule has 156 valence electrons. The molecule has 29 heavy (non-hydrogen) atoms. The molecule has 0 radical (unpaired) electrons. The molecule has 0 aliphatic heterocycles. The van der Waals surface area contributed by atoms with Crippen molar-refractivity contribution in [3.05, 3.63) is 54.0 Å². The van der Waals surface area contributed by atoms with Crippen LogP contribution >= 0.6 is 0 Å². The highest BCUT2D eigenvalue weighted by Gasteiger charge is 2.08. The number of hydrogen-bond donors (Lipinski definition) is 2. The number of carbonyl (C=O) groups is 2. The number of hydrogen-bond acceptors (Lipinski definition) is 4. The van der Waals surface area contributed by atoms with Crippen LogP contribution in [0.4, 0.5) is 5.69 Å².